The lowest BCUT2D eigenvalue weighted by Crippen LogP contribution is -1.98. The first-order chi connectivity index (χ1) is 23.2. The summed E-state index contributed by atoms with van der Waals surface area (Å²) in [5, 5.41) is 7.18. The predicted molar refractivity (Wildman–Crippen MR) is 197 cm³/mol. The van der Waals surface area contributed by atoms with Crippen LogP contribution in [0.3, 0.4) is 0 Å². The number of thioether (sulfide) groups is 1. The summed E-state index contributed by atoms with van der Waals surface area (Å²) in [7, 11) is 0. The number of aromatic nitrogens is 4. The Kier molecular flexibility index (Phi) is 9.11. The highest BCUT2D eigenvalue weighted by molar-refractivity contribution is 7.98. The lowest BCUT2D eigenvalue weighted by atomic mass is 9.91. The number of benzene rings is 4. The molecule has 47 heavy (non-hydrogen) atoms. The average molecular weight is 637 g/mol. The van der Waals surface area contributed by atoms with E-state index in [1.165, 1.54) is 63.6 Å². The molecule has 0 aliphatic rings. The number of hydrogen-bond acceptors (Lipinski definition) is 4. The highest BCUT2D eigenvalue weighted by atomic mass is 32.2. The quantitative estimate of drug-likeness (QED) is 0.125. The largest absolute Gasteiger partial charge is 0.457 e. The molecule has 0 N–H and O–H groups in total. The third-order valence-electron chi connectivity index (χ3n) is 8.85. The number of hydrogen-bond donors (Lipinski definition) is 0. The Labute approximate surface area is 281 Å². The average Bonchev–Trinajstić information content (AvgIpc) is 3.73. The molecule has 236 valence electrons. The fourth-order valence-corrected chi connectivity index (χ4v) is 6.92. The molecule has 3 aromatic heterocycles. The molecule has 0 saturated carbocycles. The molecule has 0 radical (unpaired) electrons. The number of para-hydroxylation sites is 1. The van der Waals surface area contributed by atoms with Gasteiger partial charge < -0.3 is 4.74 Å². The Morgan fingerprint density at radius 3 is 2.26 bits per heavy atom. The van der Waals surface area contributed by atoms with Gasteiger partial charge in [-0.15, -0.1) is 11.8 Å². The van der Waals surface area contributed by atoms with Crippen molar-refractivity contribution in [3.63, 3.8) is 0 Å². The number of rotatable bonds is 12. The first kappa shape index (κ1) is 30.8. The Bertz CT molecular complexity index is 2130. The van der Waals surface area contributed by atoms with Crippen molar-refractivity contribution in [2.45, 2.75) is 57.3 Å². The molecule has 0 saturated heterocycles. The van der Waals surface area contributed by atoms with Crippen LogP contribution in [0.4, 0.5) is 0 Å². The zero-order chi connectivity index (χ0) is 32.2. The first-order valence-electron chi connectivity index (χ1n) is 16.6. The fraction of sp³-hybridized carbons (Fsp3) is 0.220. The molecule has 4 aromatic carbocycles. The molecule has 0 amide bonds. The summed E-state index contributed by atoms with van der Waals surface area (Å²) >= 11 is 1.72. The van der Waals surface area contributed by atoms with Crippen LogP contribution in [0.25, 0.3) is 44.4 Å². The third-order valence-corrected chi connectivity index (χ3v) is 9.58. The van der Waals surface area contributed by atoms with E-state index in [0.29, 0.717) is 0 Å². The van der Waals surface area contributed by atoms with Gasteiger partial charge in [-0.05, 0) is 91.1 Å². The van der Waals surface area contributed by atoms with E-state index in [1.807, 2.05) is 35.3 Å². The maximum atomic E-state index is 6.52. The summed E-state index contributed by atoms with van der Waals surface area (Å²) in [5.41, 5.74) is 8.50. The Hall–Kier alpha value is -4.81. The molecule has 0 spiro atoms. The summed E-state index contributed by atoms with van der Waals surface area (Å²) in [4.78, 5) is 5.93. The molecule has 7 aromatic rings. The minimum absolute atomic E-state index is 0.760. The number of aryl methyl sites for hydroxylation is 2. The van der Waals surface area contributed by atoms with Crippen molar-refractivity contribution in [3.8, 4) is 34.1 Å². The highest BCUT2D eigenvalue weighted by Crippen LogP contribution is 2.36. The summed E-state index contributed by atoms with van der Waals surface area (Å²) in [6.45, 7) is 4.51. The number of pyridine rings is 1. The molecule has 3 heterocycles. The second-order valence-electron chi connectivity index (χ2n) is 12.0. The van der Waals surface area contributed by atoms with E-state index in [0.717, 1.165) is 46.9 Å². The Balaban J connectivity index is 1.22. The monoisotopic (exact) mass is 636 g/mol. The van der Waals surface area contributed by atoms with Gasteiger partial charge in [0.15, 0.2) is 0 Å². The van der Waals surface area contributed by atoms with Gasteiger partial charge in [-0.1, -0.05) is 69.2 Å². The van der Waals surface area contributed by atoms with Crippen molar-refractivity contribution in [2.75, 3.05) is 6.26 Å². The summed E-state index contributed by atoms with van der Waals surface area (Å²) in [6.07, 6.45) is 15.1. The van der Waals surface area contributed by atoms with E-state index in [2.05, 4.69) is 110 Å². The molecule has 0 bridgehead atoms. The second-order valence-corrected chi connectivity index (χ2v) is 12.9. The molecule has 0 unspecified atom stereocenters. The number of fused-ring (bicyclic) bond motifs is 3. The molecular weight excluding hydrogens is 597 g/mol. The van der Waals surface area contributed by atoms with Crippen LogP contribution in [0.5, 0.6) is 11.5 Å². The topological polar surface area (TPSA) is 44.9 Å². The molecule has 0 atom stereocenters. The van der Waals surface area contributed by atoms with E-state index >= 15 is 0 Å². The summed E-state index contributed by atoms with van der Waals surface area (Å²) < 4.78 is 10.7. The highest BCUT2D eigenvalue weighted by Gasteiger charge is 2.16. The van der Waals surface area contributed by atoms with Gasteiger partial charge in [0.05, 0.1) is 22.9 Å². The van der Waals surface area contributed by atoms with E-state index in [-0.39, 0.29) is 0 Å². The van der Waals surface area contributed by atoms with E-state index < -0.39 is 0 Å². The number of unbranched alkanes of at least 4 members (excludes halogenated alkanes) is 2. The zero-order valence-corrected chi connectivity index (χ0v) is 28.1. The van der Waals surface area contributed by atoms with Gasteiger partial charge in [-0.3, -0.25) is 4.57 Å². The van der Waals surface area contributed by atoms with Gasteiger partial charge >= 0.3 is 0 Å². The van der Waals surface area contributed by atoms with Gasteiger partial charge in [-0.25, -0.2) is 9.67 Å². The zero-order valence-electron chi connectivity index (χ0n) is 27.3. The third kappa shape index (κ3) is 6.30. The minimum atomic E-state index is 0.760. The Morgan fingerprint density at radius 1 is 0.723 bits per heavy atom. The minimum Gasteiger partial charge on any atom is -0.457 e. The van der Waals surface area contributed by atoms with Crippen molar-refractivity contribution in [1.29, 1.82) is 0 Å². The van der Waals surface area contributed by atoms with Gasteiger partial charge in [0.25, 0.3) is 0 Å². The van der Waals surface area contributed by atoms with E-state index in [4.69, 9.17) is 14.8 Å². The predicted octanol–water partition coefficient (Wildman–Crippen LogP) is 11.2. The second kappa shape index (κ2) is 13.9. The molecule has 5 nitrogen and oxygen atoms in total. The smallest absolute Gasteiger partial charge is 0.138 e. The molecule has 7 rings (SSSR count). The maximum Gasteiger partial charge on any atom is 0.138 e. The van der Waals surface area contributed by atoms with Crippen LogP contribution in [-0.2, 0) is 12.8 Å². The van der Waals surface area contributed by atoms with Gasteiger partial charge in [0.1, 0.15) is 17.3 Å². The lowest BCUT2D eigenvalue weighted by molar-refractivity contribution is 0.483. The maximum absolute atomic E-state index is 6.52. The van der Waals surface area contributed by atoms with Crippen molar-refractivity contribution >= 4 is 33.6 Å². The first-order valence-corrected chi connectivity index (χ1v) is 17.9. The summed E-state index contributed by atoms with van der Waals surface area (Å²) in [5.74, 6) is 2.42. The van der Waals surface area contributed by atoms with Crippen LogP contribution in [0.2, 0.25) is 0 Å². The van der Waals surface area contributed by atoms with Crippen LogP contribution in [-0.4, -0.2) is 25.6 Å². The van der Waals surface area contributed by atoms with Crippen LogP contribution < -0.4 is 4.74 Å². The van der Waals surface area contributed by atoms with Crippen molar-refractivity contribution in [2.24, 2.45) is 0 Å². The lowest BCUT2D eigenvalue weighted by Gasteiger charge is -2.14. The van der Waals surface area contributed by atoms with Crippen molar-refractivity contribution < 1.29 is 4.74 Å². The van der Waals surface area contributed by atoms with E-state index in [1.54, 1.807) is 11.8 Å². The molecule has 0 aliphatic carbocycles. The van der Waals surface area contributed by atoms with Crippen molar-refractivity contribution in [1.82, 2.24) is 19.3 Å². The Morgan fingerprint density at radius 2 is 1.47 bits per heavy atom. The fourth-order valence-electron chi connectivity index (χ4n) is 6.50. The van der Waals surface area contributed by atoms with Gasteiger partial charge in [-0.2, -0.15) is 5.10 Å². The number of nitrogens with zero attached hydrogens (tertiary/aromatic N) is 4. The van der Waals surface area contributed by atoms with Crippen LogP contribution in [0.15, 0.2) is 121 Å². The summed E-state index contributed by atoms with van der Waals surface area (Å²) in [6, 6.07) is 34.0. The van der Waals surface area contributed by atoms with Crippen LogP contribution in [0.1, 0.15) is 50.7 Å². The van der Waals surface area contributed by atoms with Crippen LogP contribution in [0, 0.1) is 0 Å². The van der Waals surface area contributed by atoms with E-state index in [9.17, 15) is 0 Å². The molecule has 6 heteroatoms. The molecule has 0 aliphatic heterocycles. The normalized spacial score (nSPS) is 11.5. The molecule has 0 fully saturated rings. The number of ether oxygens (including phenoxy) is 1. The molecular formula is C41H40N4OS. The van der Waals surface area contributed by atoms with Crippen molar-refractivity contribution in [3.05, 3.63) is 127 Å². The van der Waals surface area contributed by atoms with Gasteiger partial charge in [0.2, 0.25) is 0 Å². The SMILES string of the molecule is CCCCc1cccc(CCCC)c1-c1cnn(-c2cccc(Oc3ccc4c5ccccc5n(-c5cc(SC)ccn5)c4c3)c2)c1. The van der Waals surface area contributed by atoms with Crippen LogP contribution >= 0.6 is 11.8 Å². The van der Waals surface area contributed by atoms with Gasteiger partial charge in [0, 0.05) is 45.8 Å². The standard InChI is InChI=1S/C41H40N4OS/c1-4-6-12-29-14-10-15-30(13-7-5-2)41(29)31-27-43-44(28-31)32-16-11-17-33(24-32)46-34-20-21-37-36-18-8-9-19-38(36)45(39(37)25-34)40-26-35(47-3)22-23-42-40/h8-11,14-28H,4-7,12-13H2,1-3H3.